The SMILES string of the molecule is Cc1ccc(S(=O)(=O)N(CC(=O)N(Cc2ccc(Cl)cc2Cl)C(C)C(=O)NC(C)(C)C)c2cccc(Br)c2)cc1. The molecule has 0 heterocycles. The molecule has 11 heteroatoms. The lowest BCUT2D eigenvalue weighted by molar-refractivity contribution is -0.140. The number of anilines is 1. The topological polar surface area (TPSA) is 86.8 Å². The van der Waals surface area contributed by atoms with Crippen molar-refractivity contribution in [1.29, 1.82) is 0 Å². The van der Waals surface area contributed by atoms with Crippen molar-refractivity contribution in [2.45, 2.75) is 57.6 Å². The van der Waals surface area contributed by atoms with Crippen LogP contribution >= 0.6 is 39.1 Å². The van der Waals surface area contributed by atoms with Crippen LogP contribution in [0.15, 0.2) is 76.1 Å². The van der Waals surface area contributed by atoms with Crippen molar-refractivity contribution in [3.63, 3.8) is 0 Å². The summed E-state index contributed by atoms with van der Waals surface area (Å²) in [5.74, 6) is -0.973. The van der Waals surface area contributed by atoms with Crippen molar-refractivity contribution in [2.75, 3.05) is 10.8 Å². The van der Waals surface area contributed by atoms with Crippen molar-refractivity contribution < 1.29 is 18.0 Å². The predicted molar refractivity (Wildman–Crippen MR) is 164 cm³/mol. The number of benzene rings is 3. The molecule has 2 amide bonds. The van der Waals surface area contributed by atoms with Gasteiger partial charge >= 0.3 is 0 Å². The molecule has 3 aromatic rings. The number of nitrogens with one attached hydrogen (secondary N) is 1. The van der Waals surface area contributed by atoms with Gasteiger partial charge in [-0.25, -0.2) is 8.42 Å². The van der Waals surface area contributed by atoms with Crippen molar-refractivity contribution in [2.24, 2.45) is 0 Å². The molecule has 1 N–H and O–H groups in total. The van der Waals surface area contributed by atoms with Crippen LogP contribution in [0.1, 0.15) is 38.8 Å². The smallest absolute Gasteiger partial charge is 0.264 e. The third-order valence-electron chi connectivity index (χ3n) is 6.01. The molecule has 1 unspecified atom stereocenters. The third kappa shape index (κ3) is 8.22. The lowest BCUT2D eigenvalue weighted by Crippen LogP contribution is -2.54. The zero-order chi connectivity index (χ0) is 29.8. The van der Waals surface area contributed by atoms with Crippen LogP contribution in [-0.2, 0) is 26.2 Å². The zero-order valence-corrected chi connectivity index (χ0v) is 26.8. The first-order valence-corrected chi connectivity index (χ1v) is 15.5. The van der Waals surface area contributed by atoms with Crippen LogP contribution in [0.25, 0.3) is 0 Å². The molecule has 3 rings (SSSR count). The molecule has 0 spiro atoms. The molecule has 0 saturated carbocycles. The van der Waals surface area contributed by atoms with E-state index in [0.29, 0.717) is 25.8 Å². The highest BCUT2D eigenvalue weighted by atomic mass is 79.9. The summed E-state index contributed by atoms with van der Waals surface area (Å²) < 4.78 is 29.5. The predicted octanol–water partition coefficient (Wildman–Crippen LogP) is 6.59. The van der Waals surface area contributed by atoms with Gasteiger partial charge in [-0.3, -0.25) is 13.9 Å². The van der Waals surface area contributed by atoms with Crippen molar-refractivity contribution >= 4 is 66.7 Å². The highest BCUT2D eigenvalue weighted by molar-refractivity contribution is 9.10. The Morgan fingerprint density at radius 1 is 1.00 bits per heavy atom. The van der Waals surface area contributed by atoms with E-state index in [0.717, 1.165) is 9.87 Å². The van der Waals surface area contributed by atoms with Crippen LogP contribution in [0.4, 0.5) is 5.69 Å². The Balaban J connectivity index is 2.06. The summed E-state index contributed by atoms with van der Waals surface area (Å²) in [6.07, 6.45) is 0. The van der Waals surface area contributed by atoms with Gasteiger partial charge in [-0.1, -0.05) is 69.0 Å². The number of sulfonamides is 1. The maximum Gasteiger partial charge on any atom is 0.264 e. The van der Waals surface area contributed by atoms with Gasteiger partial charge < -0.3 is 10.2 Å². The van der Waals surface area contributed by atoms with E-state index in [1.54, 1.807) is 61.5 Å². The molecule has 0 aliphatic heterocycles. The summed E-state index contributed by atoms with van der Waals surface area (Å²) in [6, 6.07) is 17.0. The van der Waals surface area contributed by atoms with E-state index in [-0.39, 0.29) is 17.3 Å². The maximum atomic E-state index is 14.0. The number of carbonyl (C=O) groups is 2. The Hall–Kier alpha value is -2.59. The standard InChI is InChI=1S/C29H32BrCl2N3O4S/c1-19-9-13-25(14-10-19)40(38,39)35(24-8-6-7-22(30)15-24)18-27(36)34(20(2)28(37)33-29(3,4)5)17-21-11-12-23(31)16-26(21)32/h6-16,20H,17-18H2,1-5H3,(H,33,37). The average molecular weight is 669 g/mol. The van der Waals surface area contributed by atoms with Gasteiger partial charge in [0, 0.05) is 26.6 Å². The zero-order valence-electron chi connectivity index (χ0n) is 22.9. The van der Waals surface area contributed by atoms with Gasteiger partial charge in [0.2, 0.25) is 11.8 Å². The molecule has 0 aromatic heterocycles. The van der Waals surface area contributed by atoms with Gasteiger partial charge in [-0.15, -0.1) is 0 Å². The van der Waals surface area contributed by atoms with Crippen LogP contribution in [0.5, 0.6) is 0 Å². The van der Waals surface area contributed by atoms with Crippen molar-refractivity contribution in [3.8, 4) is 0 Å². The minimum Gasteiger partial charge on any atom is -0.350 e. The van der Waals surface area contributed by atoms with Gasteiger partial charge in [0.15, 0.2) is 0 Å². The van der Waals surface area contributed by atoms with E-state index in [1.807, 2.05) is 27.7 Å². The van der Waals surface area contributed by atoms with Gasteiger partial charge in [-0.2, -0.15) is 0 Å². The average Bonchev–Trinajstić information content (AvgIpc) is 2.85. The second kappa shape index (κ2) is 12.9. The summed E-state index contributed by atoms with van der Waals surface area (Å²) in [5, 5.41) is 3.64. The van der Waals surface area contributed by atoms with Crippen molar-refractivity contribution in [1.82, 2.24) is 10.2 Å². The minimum absolute atomic E-state index is 0.0372. The van der Waals surface area contributed by atoms with E-state index >= 15 is 0 Å². The number of aryl methyl sites for hydroxylation is 1. The lowest BCUT2D eigenvalue weighted by atomic mass is 10.1. The van der Waals surface area contributed by atoms with E-state index < -0.39 is 34.1 Å². The van der Waals surface area contributed by atoms with E-state index in [9.17, 15) is 18.0 Å². The normalized spacial score (nSPS) is 12.5. The Kier molecular flexibility index (Phi) is 10.3. The molecule has 0 aliphatic rings. The third-order valence-corrected chi connectivity index (χ3v) is 8.87. The fourth-order valence-electron chi connectivity index (χ4n) is 3.89. The van der Waals surface area contributed by atoms with Gasteiger partial charge in [0.05, 0.1) is 10.6 Å². The summed E-state index contributed by atoms with van der Waals surface area (Å²) in [6.45, 7) is 8.38. The molecule has 0 radical (unpaired) electrons. The highest BCUT2D eigenvalue weighted by Crippen LogP contribution is 2.28. The molecule has 0 bridgehead atoms. The first-order valence-electron chi connectivity index (χ1n) is 12.5. The van der Waals surface area contributed by atoms with Crippen LogP contribution in [0, 0.1) is 6.92 Å². The Morgan fingerprint density at radius 2 is 1.65 bits per heavy atom. The number of amides is 2. The number of rotatable bonds is 9. The number of hydrogen-bond donors (Lipinski definition) is 1. The molecule has 40 heavy (non-hydrogen) atoms. The Labute approximate surface area is 254 Å². The molecule has 214 valence electrons. The van der Waals surface area contributed by atoms with Crippen molar-refractivity contribution in [3.05, 3.63) is 92.4 Å². The molecule has 7 nitrogen and oxygen atoms in total. The second-order valence-corrected chi connectivity index (χ2v) is 14.1. The molecule has 1 atom stereocenters. The fraction of sp³-hybridized carbons (Fsp3) is 0.310. The summed E-state index contributed by atoms with van der Waals surface area (Å²) >= 11 is 15.9. The van der Waals surface area contributed by atoms with Gasteiger partial charge in [0.1, 0.15) is 12.6 Å². The molecule has 0 aliphatic carbocycles. The molecular formula is C29H32BrCl2N3O4S. The van der Waals surface area contributed by atoms with E-state index in [1.165, 1.54) is 17.0 Å². The first-order chi connectivity index (χ1) is 18.6. The number of nitrogens with zero attached hydrogens (tertiary/aromatic N) is 2. The first kappa shape index (κ1) is 31.9. The fourth-order valence-corrected chi connectivity index (χ4v) is 6.15. The number of hydrogen-bond acceptors (Lipinski definition) is 4. The largest absolute Gasteiger partial charge is 0.350 e. The summed E-state index contributed by atoms with van der Waals surface area (Å²) in [4.78, 5) is 28.5. The van der Waals surface area contributed by atoms with Crippen LogP contribution in [0.2, 0.25) is 10.0 Å². The van der Waals surface area contributed by atoms with Gasteiger partial charge in [0.25, 0.3) is 10.0 Å². The monoisotopic (exact) mass is 667 g/mol. The quantitative estimate of drug-likeness (QED) is 0.279. The summed E-state index contributed by atoms with van der Waals surface area (Å²) in [7, 11) is -4.16. The minimum atomic E-state index is -4.16. The molecular weight excluding hydrogens is 637 g/mol. The highest BCUT2D eigenvalue weighted by Gasteiger charge is 2.33. The molecule has 0 fully saturated rings. The Bertz CT molecular complexity index is 1490. The van der Waals surface area contributed by atoms with E-state index in [2.05, 4.69) is 21.2 Å². The maximum absolute atomic E-state index is 14.0. The lowest BCUT2D eigenvalue weighted by Gasteiger charge is -2.33. The molecule has 0 saturated heterocycles. The second-order valence-electron chi connectivity index (χ2n) is 10.5. The van der Waals surface area contributed by atoms with Crippen LogP contribution < -0.4 is 9.62 Å². The number of halogens is 3. The van der Waals surface area contributed by atoms with Gasteiger partial charge in [-0.05, 0) is 82.6 Å². The van der Waals surface area contributed by atoms with Crippen LogP contribution in [0.3, 0.4) is 0 Å². The van der Waals surface area contributed by atoms with Crippen LogP contribution in [-0.4, -0.2) is 43.3 Å². The van der Waals surface area contributed by atoms with E-state index in [4.69, 9.17) is 23.2 Å². The number of carbonyl (C=O) groups excluding carboxylic acids is 2. The molecule has 3 aromatic carbocycles. The summed E-state index contributed by atoms with van der Waals surface area (Å²) in [5.41, 5.74) is 1.20. The Morgan fingerprint density at radius 3 is 2.23 bits per heavy atom.